The van der Waals surface area contributed by atoms with Crippen LogP contribution in [0.3, 0.4) is 0 Å². The smallest absolute Gasteiger partial charge is 0.196 e. The van der Waals surface area contributed by atoms with Gasteiger partial charge in [-0.15, -0.1) is 10.2 Å². The van der Waals surface area contributed by atoms with Crippen molar-refractivity contribution in [1.82, 2.24) is 14.8 Å². The lowest BCUT2D eigenvalue weighted by molar-refractivity contribution is 0.602. The zero-order valence-corrected chi connectivity index (χ0v) is 16.9. The van der Waals surface area contributed by atoms with Gasteiger partial charge in [-0.05, 0) is 32.4 Å². The normalized spacial score (nSPS) is 18.7. The number of hydrogen-bond acceptors (Lipinski definition) is 5. The van der Waals surface area contributed by atoms with Crippen LogP contribution in [0.15, 0.2) is 53.7 Å². The van der Waals surface area contributed by atoms with E-state index in [2.05, 4.69) is 48.3 Å². The highest BCUT2D eigenvalue weighted by atomic mass is 32.2. The Balaban J connectivity index is 1.77. The summed E-state index contributed by atoms with van der Waals surface area (Å²) >= 11 is 1.51. The number of aryl methyl sites for hydroxylation is 2. The molecule has 5 nitrogen and oxygen atoms in total. The minimum Gasteiger partial charge on any atom is -0.270 e. The second-order valence-electron chi connectivity index (χ2n) is 6.99. The van der Waals surface area contributed by atoms with Crippen LogP contribution in [-0.2, 0) is 9.84 Å². The van der Waals surface area contributed by atoms with Gasteiger partial charge in [-0.2, -0.15) is 0 Å². The summed E-state index contributed by atoms with van der Waals surface area (Å²) in [6.45, 7) is 4.10. The molecule has 4 rings (SSSR count). The summed E-state index contributed by atoms with van der Waals surface area (Å²) in [7, 11) is -2.93. The number of thioether (sulfide) groups is 1. The van der Waals surface area contributed by atoms with E-state index in [1.54, 1.807) is 0 Å². The van der Waals surface area contributed by atoms with Crippen molar-refractivity contribution in [2.24, 2.45) is 0 Å². The van der Waals surface area contributed by atoms with Gasteiger partial charge in [0.25, 0.3) is 0 Å². The zero-order valence-electron chi connectivity index (χ0n) is 15.3. The summed E-state index contributed by atoms with van der Waals surface area (Å²) < 4.78 is 25.7. The van der Waals surface area contributed by atoms with E-state index >= 15 is 0 Å². The summed E-state index contributed by atoms with van der Waals surface area (Å²) in [6.07, 6.45) is 0.660. The van der Waals surface area contributed by atoms with E-state index in [1.165, 1.54) is 22.9 Å². The maximum absolute atomic E-state index is 11.8. The Kier molecular flexibility index (Phi) is 4.82. The standard InChI is InChI=1S/C20H21N3O2S2/c1-14-3-7-16(8-4-14)19-21-22-20(26-18-11-12-27(24,25)13-18)23(19)17-9-5-15(2)6-10-17/h3-10,18H,11-13H2,1-2H3. The Labute approximate surface area is 163 Å². The Morgan fingerprint density at radius 3 is 2.19 bits per heavy atom. The molecule has 1 aliphatic heterocycles. The third-order valence-corrected chi connectivity index (χ3v) is 7.89. The lowest BCUT2D eigenvalue weighted by Crippen LogP contribution is -2.08. The largest absolute Gasteiger partial charge is 0.270 e. The number of sulfone groups is 1. The van der Waals surface area contributed by atoms with Gasteiger partial charge in [0.2, 0.25) is 0 Å². The molecule has 140 valence electrons. The predicted molar refractivity (Wildman–Crippen MR) is 109 cm³/mol. The summed E-state index contributed by atoms with van der Waals surface area (Å²) in [5, 5.41) is 9.60. The number of rotatable bonds is 4. The molecule has 1 unspecified atom stereocenters. The second kappa shape index (κ2) is 7.13. The van der Waals surface area contributed by atoms with Gasteiger partial charge in [0, 0.05) is 16.5 Å². The van der Waals surface area contributed by atoms with Crippen LogP contribution in [0.1, 0.15) is 17.5 Å². The highest BCUT2D eigenvalue weighted by Gasteiger charge is 2.30. The van der Waals surface area contributed by atoms with Crippen molar-refractivity contribution in [2.45, 2.75) is 30.7 Å². The zero-order chi connectivity index (χ0) is 19.0. The first-order valence-corrected chi connectivity index (χ1v) is 11.6. The molecule has 0 radical (unpaired) electrons. The monoisotopic (exact) mass is 399 g/mol. The molecule has 7 heteroatoms. The van der Waals surface area contributed by atoms with E-state index in [4.69, 9.17) is 0 Å². The minimum absolute atomic E-state index is 0.0225. The van der Waals surface area contributed by atoms with E-state index in [-0.39, 0.29) is 16.8 Å². The molecular weight excluding hydrogens is 378 g/mol. The fraction of sp³-hybridized carbons (Fsp3) is 0.300. The van der Waals surface area contributed by atoms with Crippen LogP contribution in [0, 0.1) is 13.8 Å². The maximum atomic E-state index is 11.8. The molecule has 1 fully saturated rings. The quantitative estimate of drug-likeness (QED) is 0.667. The Morgan fingerprint density at radius 1 is 0.963 bits per heavy atom. The van der Waals surface area contributed by atoms with Gasteiger partial charge in [-0.3, -0.25) is 4.57 Å². The first-order valence-electron chi connectivity index (χ1n) is 8.88. The summed E-state index contributed by atoms with van der Waals surface area (Å²) in [5.41, 5.74) is 4.33. The summed E-state index contributed by atoms with van der Waals surface area (Å²) in [4.78, 5) is 0. The lowest BCUT2D eigenvalue weighted by Gasteiger charge is -2.12. The number of benzene rings is 2. The van der Waals surface area contributed by atoms with E-state index in [0.717, 1.165) is 22.2 Å². The summed E-state index contributed by atoms with van der Waals surface area (Å²) in [6, 6.07) is 16.4. The molecule has 0 aliphatic carbocycles. The average molecular weight is 400 g/mol. The van der Waals surface area contributed by atoms with Gasteiger partial charge in [0.1, 0.15) is 0 Å². The molecule has 27 heavy (non-hydrogen) atoms. The molecule has 0 amide bonds. The SMILES string of the molecule is Cc1ccc(-c2nnc(SC3CCS(=O)(=O)C3)n2-c2ccc(C)cc2)cc1. The molecule has 0 spiro atoms. The van der Waals surface area contributed by atoms with Crippen molar-refractivity contribution in [3.63, 3.8) is 0 Å². The Hall–Kier alpha value is -2.12. The minimum atomic E-state index is -2.93. The topological polar surface area (TPSA) is 64.8 Å². The molecular formula is C20H21N3O2S2. The molecule has 0 N–H and O–H groups in total. The van der Waals surface area contributed by atoms with Gasteiger partial charge < -0.3 is 0 Å². The van der Waals surface area contributed by atoms with Crippen molar-refractivity contribution in [3.05, 3.63) is 59.7 Å². The average Bonchev–Trinajstić information content (AvgIpc) is 3.20. The molecule has 0 saturated carbocycles. The molecule has 0 bridgehead atoms. The Bertz CT molecular complexity index is 1060. The van der Waals surface area contributed by atoms with Crippen molar-refractivity contribution < 1.29 is 8.42 Å². The van der Waals surface area contributed by atoms with Crippen LogP contribution in [-0.4, -0.2) is 39.9 Å². The van der Waals surface area contributed by atoms with Crippen molar-refractivity contribution in [2.75, 3.05) is 11.5 Å². The molecule has 2 heterocycles. The molecule has 1 atom stereocenters. The van der Waals surface area contributed by atoms with Crippen molar-refractivity contribution in [1.29, 1.82) is 0 Å². The van der Waals surface area contributed by atoms with Crippen LogP contribution in [0.4, 0.5) is 0 Å². The molecule has 3 aromatic rings. The fourth-order valence-electron chi connectivity index (χ4n) is 3.17. The maximum Gasteiger partial charge on any atom is 0.196 e. The van der Waals surface area contributed by atoms with Crippen LogP contribution in [0.2, 0.25) is 0 Å². The van der Waals surface area contributed by atoms with Gasteiger partial charge in [-0.1, -0.05) is 59.3 Å². The van der Waals surface area contributed by atoms with E-state index in [0.29, 0.717) is 6.42 Å². The van der Waals surface area contributed by atoms with Crippen LogP contribution >= 0.6 is 11.8 Å². The van der Waals surface area contributed by atoms with E-state index in [1.807, 2.05) is 28.8 Å². The van der Waals surface area contributed by atoms with Crippen LogP contribution in [0.25, 0.3) is 17.1 Å². The Morgan fingerprint density at radius 2 is 1.59 bits per heavy atom. The van der Waals surface area contributed by atoms with E-state index < -0.39 is 9.84 Å². The van der Waals surface area contributed by atoms with Gasteiger partial charge >= 0.3 is 0 Å². The van der Waals surface area contributed by atoms with Crippen LogP contribution < -0.4 is 0 Å². The van der Waals surface area contributed by atoms with Crippen molar-refractivity contribution >= 4 is 21.6 Å². The lowest BCUT2D eigenvalue weighted by atomic mass is 10.1. The highest BCUT2D eigenvalue weighted by Crippen LogP contribution is 2.34. The third-order valence-electron chi connectivity index (χ3n) is 4.70. The predicted octanol–water partition coefficient (Wildman–Crippen LogP) is 3.83. The first-order chi connectivity index (χ1) is 12.9. The van der Waals surface area contributed by atoms with Gasteiger partial charge in [0.15, 0.2) is 20.8 Å². The molecule has 1 saturated heterocycles. The van der Waals surface area contributed by atoms with Crippen LogP contribution in [0.5, 0.6) is 0 Å². The molecule has 1 aromatic heterocycles. The van der Waals surface area contributed by atoms with Gasteiger partial charge in [0.05, 0.1) is 11.5 Å². The fourth-order valence-corrected chi connectivity index (χ4v) is 6.67. The number of aromatic nitrogens is 3. The first kappa shape index (κ1) is 18.3. The second-order valence-corrected chi connectivity index (χ2v) is 10.5. The molecule has 1 aliphatic rings. The highest BCUT2D eigenvalue weighted by molar-refractivity contribution is 8.01. The number of nitrogens with zero attached hydrogens (tertiary/aromatic N) is 3. The summed E-state index contributed by atoms with van der Waals surface area (Å²) in [5.74, 6) is 1.23. The third kappa shape index (κ3) is 3.94. The van der Waals surface area contributed by atoms with Gasteiger partial charge in [-0.25, -0.2) is 8.42 Å². The van der Waals surface area contributed by atoms with Crippen molar-refractivity contribution in [3.8, 4) is 17.1 Å². The number of hydrogen-bond donors (Lipinski definition) is 0. The molecule has 2 aromatic carbocycles. The van der Waals surface area contributed by atoms with E-state index in [9.17, 15) is 8.42 Å².